The molecule has 0 bridgehead atoms. The highest BCUT2D eigenvalue weighted by atomic mass is 16.5. The molecule has 0 fully saturated rings. The van der Waals surface area contributed by atoms with Gasteiger partial charge in [-0.15, -0.1) is 0 Å². The van der Waals surface area contributed by atoms with Gasteiger partial charge in [-0.2, -0.15) is 0 Å². The Labute approximate surface area is 122 Å². The minimum Gasteiger partial charge on any atom is -0.454 e. The first-order valence-corrected chi connectivity index (χ1v) is 7.27. The summed E-state index contributed by atoms with van der Waals surface area (Å²) in [4.78, 5) is 11.3. The maximum Gasteiger partial charge on any atom is 0.330 e. The van der Waals surface area contributed by atoms with E-state index >= 15 is 0 Å². The number of benzene rings is 1. The van der Waals surface area contributed by atoms with Gasteiger partial charge in [0.05, 0.1) is 13.1 Å². The number of carbonyl (C=O) groups excluding carboxylic acids is 1. The molecule has 1 unspecified atom stereocenters. The van der Waals surface area contributed by atoms with Gasteiger partial charge in [0.2, 0.25) is 0 Å². The van der Waals surface area contributed by atoms with Crippen molar-refractivity contribution in [2.24, 2.45) is 0 Å². The summed E-state index contributed by atoms with van der Waals surface area (Å²) in [5.41, 5.74) is 1.32. The SMILES string of the molecule is C=CC(=O)OC(C)C[N+](CC)(CC)Cc1ccccc1. The average molecular weight is 276 g/mol. The molecule has 3 nitrogen and oxygen atoms in total. The van der Waals surface area contributed by atoms with Crippen molar-refractivity contribution in [3.8, 4) is 0 Å². The Morgan fingerprint density at radius 2 is 1.90 bits per heavy atom. The van der Waals surface area contributed by atoms with Crippen molar-refractivity contribution in [2.75, 3.05) is 19.6 Å². The second-order valence-electron chi connectivity index (χ2n) is 5.25. The van der Waals surface area contributed by atoms with Crippen LogP contribution < -0.4 is 0 Å². The minimum atomic E-state index is -0.345. The second kappa shape index (κ2) is 7.85. The summed E-state index contributed by atoms with van der Waals surface area (Å²) in [6.07, 6.45) is 1.12. The zero-order chi connectivity index (χ0) is 15.0. The normalized spacial score (nSPS) is 12.8. The van der Waals surface area contributed by atoms with Crippen LogP contribution in [-0.2, 0) is 16.1 Å². The van der Waals surface area contributed by atoms with Crippen molar-refractivity contribution < 1.29 is 14.0 Å². The van der Waals surface area contributed by atoms with Crippen LogP contribution in [0.2, 0.25) is 0 Å². The lowest BCUT2D eigenvalue weighted by atomic mass is 10.1. The highest BCUT2D eigenvalue weighted by Crippen LogP contribution is 2.16. The van der Waals surface area contributed by atoms with E-state index in [4.69, 9.17) is 4.74 Å². The molecular formula is C17H26NO2+. The van der Waals surface area contributed by atoms with Gasteiger partial charge in [-0.05, 0) is 20.8 Å². The summed E-state index contributed by atoms with van der Waals surface area (Å²) in [5, 5.41) is 0. The molecule has 1 rings (SSSR count). The highest BCUT2D eigenvalue weighted by Gasteiger charge is 2.27. The molecular weight excluding hydrogens is 250 g/mol. The fourth-order valence-corrected chi connectivity index (χ4v) is 2.57. The molecule has 1 aromatic carbocycles. The standard InChI is InChI=1S/C17H26NO2/c1-5-17(19)20-15(4)13-18(6-2,7-3)14-16-11-9-8-10-12-16/h5,8-12,15H,1,6-7,13-14H2,2-4H3/q+1. The van der Waals surface area contributed by atoms with Crippen molar-refractivity contribution in [1.29, 1.82) is 0 Å². The maximum absolute atomic E-state index is 11.3. The number of carbonyl (C=O) groups is 1. The summed E-state index contributed by atoms with van der Waals surface area (Å²) in [5.74, 6) is -0.345. The van der Waals surface area contributed by atoms with Crippen LogP contribution in [0.1, 0.15) is 26.3 Å². The van der Waals surface area contributed by atoms with Gasteiger partial charge in [0.1, 0.15) is 19.2 Å². The summed E-state index contributed by atoms with van der Waals surface area (Å²) in [6.45, 7) is 13.6. The number of nitrogens with zero attached hydrogens (tertiary/aromatic N) is 1. The Morgan fingerprint density at radius 1 is 1.30 bits per heavy atom. The van der Waals surface area contributed by atoms with Crippen LogP contribution in [0.3, 0.4) is 0 Å². The molecule has 0 amide bonds. The van der Waals surface area contributed by atoms with E-state index in [2.05, 4.69) is 44.7 Å². The first kappa shape index (κ1) is 16.4. The summed E-state index contributed by atoms with van der Waals surface area (Å²) < 4.78 is 6.24. The zero-order valence-electron chi connectivity index (χ0n) is 12.8. The molecule has 0 heterocycles. The van der Waals surface area contributed by atoms with Crippen molar-refractivity contribution in [3.05, 3.63) is 48.6 Å². The van der Waals surface area contributed by atoms with Crippen molar-refractivity contribution in [3.63, 3.8) is 0 Å². The Kier molecular flexibility index (Phi) is 6.46. The van der Waals surface area contributed by atoms with Crippen LogP contribution in [0.5, 0.6) is 0 Å². The van der Waals surface area contributed by atoms with Gasteiger partial charge in [0.25, 0.3) is 0 Å². The molecule has 1 aromatic rings. The van der Waals surface area contributed by atoms with Gasteiger partial charge < -0.3 is 9.22 Å². The predicted octanol–water partition coefficient (Wildman–Crippen LogP) is 3.16. The topological polar surface area (TPSA) is 26.3 Å². The second-order valence-corrected chi connectivity index (χ2v) is 5.25. The average Bonchev–Trinajstić information content (AvgIpc) is 2.47. The van der Waals surface area contributed by atoms with E-state index in [1.165, 1.54) is 11.6 Å². The van der Waals surface area contributed by atoms with Crippen LogP contribution in [-0.4, -0.2) is 36.2 Å². The molecule has 0 saturated carbocycles. The summed E-state index contributed by atoms with van der Waals surface area (Å²) >= 11 is 0. The molecule has 1 atom stereocenters. The quantitative estimate of drug-likeness (QED) is 0.414. The van der Waals surface area contributed by atoms with E-state index in [1.807, 2.05) is 13.0 Å². The van der Waals surface area contributed by atoms with Gasteiger partial charge in [0, 0.05) is 11.6 Å². The fourth-order valence-electron chi connectivity index (χ4n) is 2.57. The number of hydrogen-bond acceptors (Lipinski definition) is 2. The Balaban J connectivity index is 2.75. The molecule has 0 N–H and O–H groups in total. The molecule has 3 heteroatoms. The third-order valence-corrected chi connectivity index (χ3v) is 3.83. The van der Waals surface area contributed by atoms with Crippen LogP contribution in [0.4, 0.5) is 0 Å². The zero-order valence-corrected chi connectivity index (χ0v) is 12.8. The van der Waals surface area contributed by atoms with Crippen LogP contribution in [0, 0.1) is 0 Å². The van der Waals surface area contributed by atoms with E-state index in [9.17, 15) is 4.79 Å². The monoisotopic (exact) mass is 276 g/mol. The summed E-state index contributed by atoms with van der Waals surface area (Å²) in [6, 6.07) is 10.5. The van der Waals surface area contributed by atoms with E-state index in [0.29, 0.717) is 0 Å². The van der Waals surface area contributed by atoms with Gasteiger partial charge in [-0.25, -0.2) is 4.79 Å². The molecule has 0 saturated heterocycles. The predicted molar refractivity (Wildman–Crippen MR) is 82.1 cm³/mol. The fraction of sp³-hybridized carbons (Fsp3) is 0.471. The Bertz CT molecular complexity index is 424. The van der Waals surface area contributed by atoms with Gasteiger partial charge in [-0.3, -0.25) is 0 Å². The third kappa shape index (κ3) is 4.82. The number of quaternary nitrogens is 1. The molecule has 0 radical (unpaired) electrons. The number of ether oxygens (including phenoxy) is 1. The van der Waals surface area contributed by atoms with Crippen LogP contribution in [0.15, 0.2) is 43.0 Å². The van der Waals surface area contributed by atoms with E-state index in [1.54, 1.807) is 0 Å². The molecule has 0 aliphatic rings. The van der Waals surface area contributed by atoms with Crippen LogP contribution >= 0.6 is 0 Å². The molecule has 0 aromatic heterocycles. The number of esters is 1. The van der Waals surface area contributed by atoms with Crippen molar-refractivity contribution in [2.45, 2.75) is 33.4 Å². The third-order valence-electron chi connectivity index (χ3n) is 3.83. The molecule has 110 valence electrons. The molecule has 0 aliphatic carbocycles. The van der Waals surface area contributed by atoms with Crippen LogP contribution in [0.25, 0.3) is 0 Å². The van der Waals surface area contributed by atoms with Crippen molar-refractivity contribution in [1.82, 2.24) is 0 Å². The first-order chi connectivity index (χ1) is 9.55. The Morgan fingerprint density at radius 3 is 2.40 bits per heavy atom. The lowest BCUT2D eigenvalue weighted by molar-refractivity contribution is -0.940. The molecule has 20 heavy (non-hydrogen) atoms. The van der Waals surface area contributed by atoms with Gasteiger partial charge in [0.15, 0.2) is 0 Å². The lowest BCUT2D eigenvalue weighted by Crippen LogP contribution is -2.51. The Hall–Kier alpha value is -1.61. The van der Waals surface area contributed by atoms with Crippen molar-refractivity contribution >= 4 is 5.97 Å². The highest BCUT2D eigenvalue weighted by molar-refractivity contribution is 5.81. The molecule has 0 spiro atoms. The van der Waals surface area contributed by atoms with E-state index < -0.39 is 0 Å². The van der Waals surface area contributed by atoms with Gasteiger partial charge >= 0.3 is 5.97 Å². The van der Waals surface area contributed by atoms with E-state index in [0.717, 1.165) is 30.7 Å². The smallest absolute Gasteiger partial charge is 0.330 e. The van der Waals surface area contributed by atoms with Gasteiger partial charge in [-0.1, -0.05) is 36.9 Å². The lowest BCUT2D eigenvalue weighted by Gasteiger charge is -2.38. The number of hydrogen-bond donors (Lipinski definition) is 0. The first-order valence-electron chi connectivity index (χ1n) is 7.27. The van der Waals surface area contributed by atoms with E-state index in [-0.39, 0.29) is 12.1 Å². The molecule has 0 aliphatic heterocycles. The maximum atomic E-state index is 11.3. The number of rotatable bonds is 8. The largest absolute Gasteiger partial charge is 0.454 e. The summed E-state index contributed by atoms with van der Waals surface area (Å²) in [7, 11) is 0. The minimum absolute atomic E-state index is 0.107. The number of likely N-dealkylation sites (N-methyl/N-ethyl adjacent to an activating group) is 1.